The Morgan fingerprint density at radius 1 is 1.39 bits per heavy atom. The van der Waals surface area contributed by atoms with E-state index in [1.165, 1.54) is 11.3 Å². The van der Waals surface area contributed by atoms with Gasteiger partial charge in [0.2, 0.25) is 0 Å². The molecule has 0 bridgehead atoms. The fraction of sp³-hybridized carbons (Fsp3) is 0.308. The highest BCUT2D eigenvalue weighted by atomic mass is 32.2. The zero-order chi connectivity index (χ0) is 13.3. The van der Waals surface area contributed by atoms with Gasteiger partial charge in [0, 0.05) is 20.7 Å². The Kier molecular flexibility index (Phi) is 3.82. The number of benzene rings is 1. The van der Waals surface area contributed by atoms with E-state index in [2.05, 4.69) is 0 Å². The Labute approximate surface area is 112 Å². The molecule has 0 amide bonds. The van der Waals surface area contributed by atoms with Crippen molar-refractivity contribution in [1.82, 2.24) is 0 Å². The minimum Gasteiger partial charge on any atom is -0.477 e. The Balaban J connectivity index is 2.55. The molecule has 1 N–H and O–H groups in total. The summed E-state index contributed by atoms with van der Waals surface area (Å²) in [4.78, 5) is 11.6. The van der Waals surface area contributed by atoms with Crippen LogP contribution >= 0.6 is 11.3 Å². The van der Waals surface area contributed by atoms with Gasteiger partial charge in [0.05, 0.1) is 5.75 Å². The van der Waals surface area contributed by atoms with Crippen LogP contribution < -0.4 is 0 Å². The summed E-state index contributed by atoms with van der Waals surface area (Å²) >= 11 is 1.25. The van der Waals surface area contributed by atoms with Crippen molar-refractivity contribution in [1.29, 1.82) is 0 Å². The van der Waals surface area contributed by atoms with Crippen molar-refractivity contribution in [2.75, 3.05) is 0 Å². The van der Waals surface area contributed by atoms with Gasteiger partial charge in [-0.05, 0) is 17.0 Å². The maximum absolute atomic E-state index is 12.0. The van der Waals surface area contributed by atoms with Gasteiger partial charge in [-0.25, -0.2) is 4.79 Å². The number of fused-ring (bicyclic) bond motifs is 1. The molecule has 18 heavy (non-hydrogen) atoms. The average Bonchev–Trinajstić information content (AvgIpc) is 2.68. The summed E-state index contributed by atoms with van der Waals surface area (Å²) in [6.07, 6.45) is 0. The molecule has 0 aliphatic heterocycles. The predicted octanol–water partition coefficient (Wildman–Crippen LogP) is 3.26. The smallest absolute Gasteiger partial charge is 0.346 e. The number of thiophene rings is 1. The Hall–Kier alpha value is -1.20. The second-order valence-electron chi connectivity index (χ2n) is 4.28. The third kappa shape index (κ3) is 2.47. The number of hydrogen-bond acceptors (Lipinski definition) is 3. The second kappa shape index (κ2) is 5.20. The first kappa shape index (κ1) is 13.2. The molecule has 0 aliphatic rings. The number of carboxylic acid groups (broad SMARTS) is 1. The summed E-state index contributed by atoms with van der Waals surface area (Å²) < 4.78 is 12.9. The molecule has 1 heterocycles. The average molecular weight is 282 g/mol. The zero-order valence-electron chi connectivity index (χ0n) is 10.2. The molecule has 0 fully saturated rings. The third-order valence-electron chi connectivity index (χ3n) is 2.70. The topological polar surface area (TPSA) is 54.4 Å². The number of aromatic carboxylic acids is 1. The van der Waals surface area contributed by atoms with Crippen LogP contribution in [0.15, 0.2) is 24.3 Å². The Bertz CT molecular complexity index is 614. The van der Waals surface area contributed by atoms with Crippen molar-refractivity contribution in [3.8, 4) is 0 Å². The van der Waals surface area contributed by atoms with Crippen LogP contribution in [0.5, 0.6) is 0 Å². The SMILES string of the molecule is CC(C)S(=O)Cc1c(C(=O)O)sc2ccccc12. The molecule has 0 saturated heterocycles. The largest absolute Gasteiger partial charge is 0.477 e. The Morgan fingerprint density at radius 2 is 2.06 bits per heavy atom. The molecule has 2 rings (SSSR count). The maximum Gasteiger partial charge on any atom is 0.346 e. The van der Waals surface area contributed by atoms with Gasteiger partial charge in [0.1, 0.15) is 4.88 Å². The normalized spacial score (nSPS) is 13.1. The van der Waals surface area contributed by atoms with Gasteiger partial charge < -0.3 is 5.11 Å². The first-order valence-electron chi connectivity index (χ1n) is 5.61. The van der Waals surface area contributed by atoms with Gasteiger partial charge in [-0.2, -0.15) is 0 Å². The van der Waals surface area contributed by atoms with E-state index in [9.17, 15) is 14.1 Å². The predicted molar refractivity (Wildman–Crippen MR) is 75.8 cm³/mol. The lowest BCUT2D eigenvalue weighted by molar-refractivity contribution is 0.0701. The lowest BCUT2D eigenvalue weighted by Crippen LogP contribution is -2.09. The van der Waals surface area contributed by atoms with Crippen LogP contribution in [0.3, 0.4) is 0 Å². The van der Waals surface area contributed by atoms with Crippen LogP contribution in [0.4, 0.5) is 0 Å². The van der Waals surface area contributed by atoms with Crippen molar-refractivity contribution in [2.24, 2.45) is 0 Å². The van der Waals surface area contributed by atoms with Gasteiger partial charge in [-0.15, -0.1) is 11.3 Å². The van der Waals surface area contributed by atoms with Gasteiger partial charge in [-0.1, -0.05) is 32.0 Å². The molecule has 0 saturated carbocycles. The van der Waals surface area contributed by atoms with Crippen LogP contribution in [-0.2, 0) is 16.6 Å². The molecule has 1 aromatic heterocycles. The van der Waals surface area contributed by atoms with E-state index < -0.39 is 16.8 Å². The van der Waals surface area contributed by atoms with Crippen molar-refractivity contribution in [2.45, 2.75) is 24.9 Å². The molecule has 1 aromatic carbocycles. The van der Waals surface area contributed by atoms with Crippen LogP contribution in [-0.4, -0.2) is 20.5 Å². The van der Waals surface area contributed by atoms with E-state index in [0.717, 1.165) is 10.1 Å². The molecule has 0 spiro atoms. The maximum atomic E-state index is 12.0. The first-order chi connectivity index (χ1) is 8.50. The quantitative estimate of drug-likeness (QED) is 0.936. The third-order valence-corrected chi connectivity index (χ3v) is 5.53. The minimum absolute atomic E-state index is 0.0327. The highest BCUT2D eigenvalue weighted by Gasteiger charge is 2.20. The molecule has 2 aromatic rings. The van der Waals surface area contributed by atoms with E-state index in [-0.39, 0.29) is 5.25 Å². The van der Waals surface area contributed by atoms with Gasteiger partial charge in [-0.3, -0.25) is 4.21 Å². The molecule has 0 aliphatic carbocycles. The second-order valence-corrected chi connectivity index (χ2v) is 7.33. The number of hydrogen-bond donors (Lipinski definition) is 1. The van der Waals surface area contributed by atoms with Crippen molar-refractivity contribution in [3.63, 3.8) is 0 Å². The highest BCUT2D eigenvalue weighted by molar-refractivity contribution is 7.84. The Morgan fingerprint density at radius 3 is 2.67 bits per heavy atom. The van der Waals surface area contributed by atoms with Crippen LogP contribution in [0.25, 0.3) is 10.1 Å². The monoisotopic (exact) mass is 282 g/mol. The van der Waals surface area contributed by atoms with E-state index >= 15 is 0 Å². The van der Waals surface area contributed by atoms with E-state index in [4.69, 9.17) is 0 Å². The van der Waals surface area contributed by atoms with Crippen molar-refractivity contribution < 1.29 is 14.1 Å². The molecule has 0 radical (unpaired) electrons. The molecular formula is C13H14O3S2. The van der Waals surface area contributed by atoms with Gasteiger partial charge in [0.15, 0.2) is 0 Å². The van der Waals surface area contributed by atoms with E-state index in [0.29, 0.717) is 16.2 Å². The summed E-state index contributed by atoms with van der Waals surface area (Å²) in [6, 6.07) is 7.55. The molecule has 3 nitrogen and oxygen atoms in total. The van der Waals surface area contributed by atoms with Gasteiger partial charge in [0.25, 0.3) is 0 Å². The molecular weight excluding hydrogens is 268 g/mol. The van der Waals surface area contributed by atoms with Gasteiger partial charge >= 0.3 is 5.97 Å². The summed E-state index contributed by atoms with van der Waals surface area (Å²) in [5.41, 5.74) is 0.704. The fourth-order valence-corrected chi connectivity index (χ4v) is 3.79. The van der Waals surface area contributed by atoms with Crippen LogP contribution in [0.1, 0.15) is 29.1 Å². The highest BCUT2D eigenvalue weighted by Crippen LogP contribution is 2.32. The van der Waals surface area contributed by atoms with E-state index in [1.807, 2.05) is 38.1 Å². The number of rotatable bonds is 4. The number of carbonyl (C=O) groups is 1. The first-order valence-corrected chi connectivity index (χ1v) is 7.81. The zero-order valence-corrected chi connectivity index (χ0v) is 11.8. The number of carboxylic acids is 1. The van der Waals surface area contributed by atoms with Crippen molar-refractivity contribution in [3.05, 3.63) is 34.7 Å². The minimum atomic E-state index is -1.04. The summed E-state index contributed by atoms with van der Waals surface area (Å²) in [7, 11) is -1.04. The van der Waals surface area contributed by atoms with E-state index in [1.54, 1.807) is 0 Å². The molecule has 1 unspecified atom stereocenters. The van der Waals surface area contributed by atoms with Crippen molar-refractivity contribution >= 4 is 38.2 Å². The standard InChI is InChI=1S/C13H14O3S2/c1-8(2)18(16)7-10-9-5-3-4-6-11(9)17-12(10)13(14)15/h3-6,8H,7H2,1-2H3,(H,14,15). The summed E-state index contributed by atoms with van der Waals surface area (Å²) in [6.45, 7) is 3.76. The fourth-order valence-electron chi connectivity index (χ4n) is 1.72. The lowest BCUT2D eigenvalue weighted by Gasteiger charge is -2.05. The lowest BCUT2D eigenvalue weighted by atomic mass is 10.1. The molecule has 5 heteroatoms. The summed E-state index contributed by atoms with van der Waals surface area (Å²) in [5, 5.41) is 10.2. The summed E-state index contributed by atoms with van der Waals surface area (Å²) in [5.74, 6) is -0.629. The molecule has 1 atom stereocenters. The molecule has 96 valence electrons. The van der Waals surface area contributed by atoms with Crippen LogP contribution in [0, 0.1) is 0 Å². The van der Waals surface area contributed by atoms with Crippen LogP contribution in [0.2, 0.25) is 0 Å².